The van der Waals surface area contributed by atoms with E-state index in [0.29, 0.717) is 5.69 Å². The highest BCUT2D eigenvalue weighted by Crippen LogP contribution is 2.29. The Kier molecular flexibility index (Phi) is 3.66. The van der Waals surface area contributed by atoms with Crippen LogP contribution in [-0.2, 0) is 16.1 Å². The molecule has 0 aromatic heterocycles. The maximum Gasteiger partial charge on any atom is 0.277 e. The van der Waals surface area contributed by atoms with E-state index in [1.54, 1.807) is 0 Å². The fourth-order valence-corrected chi connectivity index (χ4v) is 1.76. The van der Waals surface area contributed by atoms with Gasteiger partial charge in [-0.25, -0.2) is 0 Å². The van der Waals surface area contributed by atoms with Gasteiger partial charge in [-0.3, -0.25) is 14.9 Å². The average Bonchev–Trinajstić information content (AvgIpc) is 2.92. The molecule has 9 heteroatoms. The molecule has 8 nitrogen and oxygen atoms in total. The zero-order valence-corrected chi connectivity index (χ0v) is 10.5. The van der Waals surface area contributed by atoms with Crippen molar-refractivity contribution in [3.63, 3.8) is 0 Å². The number of non-ortho nitro benzene ring substituents is 1. The first kappa shape index (κ1) is 12.9. The van der Waals surface area contributed by atoms with Crippen molar-refractivity contribution in [1.82, 2.24) is 0 Å². The minimum Gasteiger partial charge on any atom is -0.494 e. The van der Waals surface area contributed by atoms with Gasteiger partial charge < -0.3 is 10.1 Å². The first-order valence-electron chi connectivity index (χ1n) is 5.03. The zero-order valence-electron chi connectivity index (χ0n) is 9.69. The van der Waals surface area contributed by atoms with Crippen LogP contribution in [0.15, 0.2) is 38.8 Å². The Hall–Kier alpha value is -2.55. The van der Waals surface area contributed by atoms with E-state index in [2.05, 4.69) is 14.0 Å². The molecule has 1 aromatic rings. The number of amides is 1. The number of nitrogens with zero attached hydrogens (tertiary/aromatic N) is 3. The number of benzene rings is 1. The van der Waals surface area contributed by atoms with E-state index in [1.807, 2.05) is 0 Å². The minimum atomic E-state index is -0.543. The van der Waals surface area contributed by atoms with Crippen LogP contribution in [0.25, 0.3) is 0 Å². The summed E-state index contributed by atoms with van der Waals surface area (Å²) in [6.07, 6.45) is 1.33. The van der Waals surface area contributed by atoms with Gasteiger partial charge in [0.15, 0.2) is 5.70 Å². The molecule has 0 radical (unpaired) electrons. The molecule has 19 heavy (non-hydrogen) atoms. The van der Waals surface area contributed by atoms with Gasteiger partial charge in [0.05, 0.1) is 41.3 Å². The molecule has 98 valence electrons. The average molecular weight is 280 g/mol. The maximum absolute atomic E-state index is 11.8. The third-order valence-electron chi connectivity index (χ3n) is 2.24. The smallest absolute Gasteiger partial charge is 0.277 e. The van der Waals surface area contributed by atoms with Crippen molar-refractivity contribution in [2.45, 2.75) is 0 Å². The standard InChI is InChI=1S/C10H8N4O4S/c1-18-9-4-6(14(16)17)2-3-7(9)12-10(15)8-5-11-19-13-8/h2-5H,1H3,(H,12,15). The van der Waals surface area contributed by atoms with Crippen LogP contribution in [-0.4, -0.2) is 17.9 Å². The fourth-order valence-electron chi connectivity index (χ4n) is 1.35. The van der Waals surface area contributed by atoms with Gasteiger partial charge in [0.25, 0.3) is 11.6 Å². The lowest BCUT2D eigenvalue weighted by atomic mass is 10.2. The van der Waals surface area contributed by atoms with Gasteiger partial charge in [-0.2, -0.15) is 8.73 Å². The van der Waals surface area contributed by atoms with E-state index >= 15 is 0 Å². The Morgan fingerprint density at radius 2 is 2.32 bits per heavy atom. The highest BCUT2D eigenvalue weighted by atomic mass is 32.1. The van der Waals surface area contributed by atoms with Gasteiger partial charge in [0.2, 0.25) is 0 Å². The molecule has 1 heterocycles. The van der Waals surface area contributed by atoms with Gasteiger partial charge in [-0.05, 0) is 6.07 Å². The molecule has 0 spiro atoms. The quantitative estimate of drug-likeness (QED) is 0.670. The molecule has 0 bridgehead atoms. The number of methoxy groups -OCH3 is 1. The summed E-state index contributed by atoms with van der Waals surface area (Å²) in [5.74, 6) is -0.258. The Bertz CT molecular complexity index is 649. The molecule has 0 aliphatic carbocycles. The number of hydrogen-bond donors (Lipinski definition) is 1. The van der Waals surface area contributed by atoms with E-state index in [1.165, 1.54) is 31.5 Å². The summed E-state index contributed by atoms with van der Waals surface area (Å²) in [5.41, 5.74) is 0.377. The number of hydrogen-bond acceptors (Lipinski definition) is 6. The summed E-state index contributed by atoms with van der Waals surface area (Å²) < 4.78 is 12.5. The van der Waals surface area contributed by atoms with Gasteiger partial charge in [-0.15, -0.1) is 0 Å². The SMILES string of the molecule is COc1cc([N+](=O)[O-])ccc1NC(=O)C1=CN=S=N1. The van der Waals surface area contributed by atoms with Crippen LogP contribution in [0, 0.1) is 10.1 Å². The Morgan fingerprint density at radius 3 is 2.89 bits per heavy atom. The number of rotatable bonds is 4. The first-order valence-corrected chi connectivity index (χ1v) is 5.76. The van der Waals surface area contributed by atoms with Gasteiger partial charge in [0.1, 0.15) is 5.75 Å². The van der Waals surface area contributed by atoms with Crippen molar-refractivity contribution in [2.75, 3.05) is 12.4 Å². The summed E-state index contributed by atoms with van der Waals surface area (Å²) in [5, 5.41) is 13.2. The van der Waals surface area contributed by atoms with Gasteiger partial charge >= 0.3 is 0 Å². The lowest BCUT2D eigenvalue weighted by Gasteiger charge is -2.09. The first-order chi connectivity index (χ1) is 9.11. The van der Waals surface area contributed by atoms with E-state index < -0.39 is 10.8 Å². The van der Waals surface area contributed by atoms with Crippen LogP contribution in [0.4, 0.5) is 11.4 Å². The van der Waals surface area contributed by atoms with E-state index in [4.69, 9.17) is 4.74 Å². The molecule has 2 rings (SSSR count). The van der Waals surface area contributed by atoms with Crippen LogP contribution < -0.4 is 10.1 Å². The number of anilines is 1. The number of nitro groups is 1. The molecule has 0 saturated heterocycles. The van der Waals surface area contributed by atoms with Crippen molar-refractivity contribution < 1.29 is 14.5 Å². The predicted molar refractivity (Wildman–Crippen MR) is 68.6 cm³/mol. The third-order valence-corrected chi connectivity index (χ3v) is 2.72. The van der Waals surface area contributed by atoms with Crippen molar-refractivity contribution >= 4 is 28.6 Å². The molecule has 0 saturated carbocycles. The van der Waals surface area contributed by atoms with E-state index in [-0.39, 0.29) is 17.1 Å². The fraction of sp³-hybridized carbons (Fsp3) is 0.100. The number of ether oxygens (including phenoxy) is 1. The molecule has 0 unspecified atom stereocenters. The molecule has 0 fully saturated rings. The second kappa shape index (κ2) is 5.40. The maximum atomic E-state index is 11.8. The van der Waals surface area contributed by atoms with E-state index in [9.17, 15) is 14.9 Å². The largest absolute Gasteiger partial charge is 0.494 e. The minimum absolute atomic E-state index is 0.120. The summed E-state index contributed by atoms with van der Waals surface area (Å²) in [7, 11) is 1.36. The highest BCUT2D eigenvalue weighted by molar-refractivity contribution is 7.57. The molecule has 1 amide bonds. The second-order valence-corrected chi connectivity index (χ2v) is 3.95. The number of nitrogens with one attached hydrogen (secondary N) is 1. The Balaban J connectivity index is 2.23. The van der Waals surface area contributed by atoms with Crippen LogP contribution in [0.1, 0.15) is 0 Å². The van der Waals surface area contributed by atoms with Crippen molar-refractivity contribution in [3.8, 4) is 5.75 Å². The molecule has 1 aromatic carbocycles. The number of carbonyl (C=O) groups is 1. The molecule has 1 aliphatic rings. The van der Waals surface area contributed by atoms with Crippen LogP contribution in [0.5, 0.6) is 5.75 Å². The zero-order chi connectivity index (χ0) is 13.8. The van der Waals surface area contributed by atoms with Crippen LogP contribution in [0.2, 0.25) is 0 Å². The van der Waals surface area contributed by atoms with Crippen LogP contribution >= 0.6 is 0 Å². The third kappa shape index (κ3) is 2.83. The summed E-state index contributed by atoms with van der Waals surface area (Å²) >= 11 is 0.913. The lowest BCUT2D eigenvalue weighted by molar-refractivity contribution is -0.384. The molecule has 1 aliphatic heterocycles. The van der Waals surface area contributed by atoms with Gasteiger partial charge in [-0.1, -0.05) is 0 Å². The molecule has 1 N–H and O–H groups in total. The van der Waals surface area contributed by atoms with Crippen molar-refractivity contribution in [2.24, 2.45) is 8.73 Å². The predicted octanol–water partition coefficient (Wildman–Crippen LogP) is 1.85. The monoisotopic (exact) mass is 280 g/mol. The Morgan fingerprint density at radius 1 is 1.53 bits per heavy atom. The van der Waals surface area contributed by atoms with E-state index in [0.717, 1.165) is 11.4 Å². The second-order valence-electron chi connectivity index (χ2n) is 3.39. The summed E-state index contributed by atoms with van der Waals surface area (Å²) in [4.78, 5) is 21.9. The lowest BCUT2D eigenvalue weighted by Crippen LogP contribution is -2.13. The van der Waals surface area contributed by atoms with Crippen molar-refractivity contribution in [1.29, 1.82) is 0 Å². The molecule has 0 atom stereocenters. The van der Waals surface area contributed by atoms with Gasteiger partial charge in [0, 0.05) is 6.07 Å². The summed E-state index contributed by atoms with van der Waals surface area (Å²) in [6, 6.07) is 3.90. The molecular formula is C10H8N4O4S. The number of carbonyl (C=O) groups excluding carboxylic acids is 1. The van der Waals surface area contributed by atoms with Crippen LogP contribution in [0.3, 0.4) is 0 Å². The normalized spacial score (nSPS) is 12.6. The Labute approximate surface area is 111 Å². The molecular weight excluding hydrogens is 272 g/mol. The summed E-state index contributed by atoms with van der Waals surface area (Å²) in [6.45, 7) is 0. The number of nitro benzene ring substituents is 1. The topological polar surface area (TPSA) is 106 Å². The van der Waals surface area contributed by atoms with Crippen molar-refractivity contribution in [3.05, 3.63) is 40.2 Å². The highest BCUT2D eigenvalue weighted by Gasteiger charge is 2.16.